The average Bonchev–Trinajstić information content (AvgIpc) is 3.43. The van der Waals surface area contributed by atoms with Gasteiger partial charge >= 0.3 is 0 Å². The molecule has 0 radical (unpaired) electrons. The van der Waals surface area contributed by atoms with E-state index in [4.69, 9.17) is 16.6 Å². The molecule has 0 fully saturated rings. The van der Waals surface area contributed by atoms with Gasteiger partial charge in [-0.1, -0.05) is 43.6 Å². The lowest BCUT2D eigenvalue weighted by Crippen LogP contribution is -2.41. The number of thiophene rings is 1. The first-order valence-corrected chi connectivity index (χ1v) is 11.6. The van der Waals surface area contributed by atoms with Gasteiger partial charge in [0.1, 0.15) is 12.2 Å². The van der Waals surface area contributed by atoms with Crippen molar-refractivity contribution >= 4 is 28.9 Å². The Labute approximate surface area is 187 Å². The van der Waals surface area contributed by atoms with Gasteiger partial charge in [0.05, 0.1) is 6.04 Å². The van der Waals surface area contributed by atoms with Gasteiger partial charge in [0.15, 0.2) is 5.96 Å². The van der Waals surface area contributed by atoms with E-state index >= 15 is 0 Å². The second kappa shape index (κ2) is 11.7. The summed E-state index contributed by atoms with van der Waals surface area (Å²) in [4.78, 5) is 6.14. The fourth-order valence-electron chi connectivity index (χ4n) is 3.21. The van der Waals surface area contributed by atoms with Crippen molar-refractivity contribution < 1.29 is 0 Å². The standard InChI is InChI=1S/C22H29ClN6S/c1-3-19(20-9-6-14-30-20)27-22(24-11-10-17-7-5-8-18(23)15-17)25-12-13-29-16-26-28-21(29)4-2/h5-9,14-16,19H,3-4,10-13H2,1-2H3,(H2,24,25,27). The van der Waals surface area contributed by atoms with Crippen LogP contribution in [0, 0.1) is 0 Å². The minimum atomic E-state index is 0.239. The number of nitrogens with zero attached hydrogens (tertiary/aromatic N) is 4. The van der Waals surface area contributed by atoms with Gasteiger partial charge in [-0.15, -0.1) is 21.5 Å². The van der Waals surface area contributed by atoms with Crippen LogP contribution in [-0.2, 0) is 19.4 Å². The minimum Gasteiger partial charge on any atom is -0.355 e. The van der Waals surface area contributed by atoms with Gasteiger partial charge in [-0.3, -0.25) is 4.99 Å². The van der Waals surface area contributed by atoms with Crippen LogP contribution in [-0.4, -0.2) is 33.8 Å². The molecule has 0 aliphatic carbocycles. The summed E-state index contributed by atoms with van der Waals surface area (Å²) in [6.45, 7) is 6.50. The van der Waals surface area contributed by atoms with Gasteiger partial charge in [0.2, 0.25) is 0 Å². The monoisotopic (exact) mass is 444 g/mol. The topological polar surface area (TPSA) is 67.1 Å². The summed E-state index contributed by atoms with van der Waals surface area (Å²) in [5, 5.41) is 18.1. The smallest absolute Gasteiger partial charge is 0.191 e. The Morgan fingerprint density at radius 1 is 1.27 bits per heavy atom. The third kappa shape index (κ3) is 6.57. The van der Waals surface area contributed by atoms with Crippen molar-refractivity contribution in [3.63, 3.8) is 0 Å². The number of guanidine groups is 1. The van der Waals surface area contributed by atoms with Gasteiger partial charge in [0.25, 0.3) is 0 Å². The molecule has 3 aromatic rings. The number of aromatic nitrogens is 3. The first-order chi connectivity index (χ1) is 14.7. The number of nitrogens with one attached hydrogen (secondary N) is 2. The number of hydrogen-bond acceptors (Lipinski definition) is 4. The molecule has 0 saturated heterocycles. The van der Waals surface area contributed by atoms with E-state index in [1.165, 1.54) is 10.4 Å². The van der Waals surface area contributed by atoms with Crippen LogP contribution in [0.2, 0.25) is 5.02 Å². The largest absolute Gasteiger partial charge is 0.355 e. The van der Waals surface area contributed by atoms with E-state index in [-0.39, 0.29) is 6.04 Å². The molecule has 1 unspecified atom stereocenters. The summed E-state index contributed by atoms with van der Waals surface area (Å²) < 4.78 is 2.08. The van der Waals surface area contributed by atoms with E-state index in [0.29, 0.717) is 6.54 Å². The van der Waals surface area contributed by atoms with Crippen LogP contribution in [0.1, 0.15) is 42.6 Å². The molecule has 160 valence electrons. The minimum absolute atomic E-state index is 0.239. The van der Waals surface area contributed by atoms with E-state index in [2.05, 4.69) is 62.8 Å². The van der Waals surface area contributed by atoms with Gasteiger partial charge in [-0.25, -0.2) is 0 Å². The fourth-order valence-corrected chi connectivity index (χ4v) is 4.28. The first kappa shape index (κ1) is 22.3. The lowest BCUT2D eigenvalue weighted by Gasteiger charge is -2.20. The Kier molecular flexibility index (Phi) is 8.71. The second-order valence-electron chi connectivity index (χ2n) is 6.95. The maximum atomic E-state index is 6.10. The highest BCUT2D eigenvalue weighted by Crippen LogP contribution is 2.21. The van der Waals surface area contributed by atoms with Crippen molar-refractivity contribution in [3.05, 3.63) is 69.4 Å². The number of halogens is 1. The van der Waals surface area contributed by atoms with Crippen molar-refractivity contribution in [2.24, 2.45) is 4.99 Å². The zero-order valence-corrected chi connectivity index (χ0v) is 19.1. The van der Waals surface area contributed by atoms with Crippen LogP contribution in [0.15, 0.2) is 53.1 Å². The molecule has 0 aliphatic rings. The highest BCUT2D eigenvalue weighted by atomic mass is 35.5. The van der Waals surface area contributed by atoms with Crippen molar-refractivity contribution in [2.75, 3.05) is 13.1 Å². The Bertz CT molecular complexity index is 921. The lowest BCUT2D eigenvalue weighted by atomic mass is 10.1. The molecule has 0 amide bonds. The summed E-state index contributed by atoms with van der Waals surface area (Å²) in [5.74, 6) is 1.82. The molecule has 2 heterocycles. The van der Waals surface area contributed by atoms with Gasteiger partial charge in [-0.05, 0) is 42.0 Å². The number of hydrogen-bond donors (Lipinski definition) is 2. The van der Waals surface area contributed by atoms with Gasteiger partial charge in [-0.2, -0.15) is 0 Å². The average molecular weight is 445 g/mol. The van der Waals surface area contributed by atoms with E-state index in [9.17, 15) is 0 Å². The van der Waals surface area contributed by atoms with Crippen molar-refractivity contribution in [1.82, 2.24) is 25.4 Å². The second-order valence-corrected chi connectivity index (χ2v) is 8.37. The molecule has 8 heteroatoms. The highest BCUT2D eigenvalue weighted by Gasteiger charge is 2.12. The molecule has 30 heavy (non-hydrogen) atoms. The molecule has 3 rings (SSSR count). The van der Waals surface area contributed by atoms with Crippen LogP contribution in [0.5, 0.6) is 0 Å². The lowest BCUT2D eigenvalue weighted by molar-refractivity contribution is 0.595. The summed E-state index contributed by atoms with van der Waals surface area (Å²) >= 11 is 7.87. The molecule has 0 bridgehead atoms. The van der Waals surface area contributed by atoms with Gasteiger partial charge < -0.3 is 15.2 Å². The molecule has 2 N–H and O–H groups in total. The number of benzene rings is 1. The van der Waals surface area contributed by atoms with E-state index in [0.717, 1.165) is 49.2 Å². The molecular weight excluding hydrogens is 416 g/mol. The molecular formula is C22H29ClN6S. The molecule has 1 aromatic carbocycles. The highest BCUT2D eigenvalue weighted by molar-refractivity contribution is 7.10. The first-order valence-electron chi connectivity index (χ1n) is 10.4. The van der Waals surface area contributed by atoms with Crippen molar-refractivity contribution in [1.29, 1.82) is 0 Å². The molecule has 6 nitrogen and oxygen atoms in total. The predicted octanol–water partition coefficient (Wildman–Crippen LogP) is 4.48. The maximum absolute atomic E-state index is 6.10. The van der Waals surface area contributed by atoms with Crippen LogP contribution < -0.4 is 10.6 Å². The number of aryl methyl sites for hydroxylation is 1. The van der Waals surface area contributed by atoms with Crippen LogP contribution in [0.25, 0.3) is 0 Å². The van der Waals surface area contributed by atoms with Crippen LogP contribution in [0.4, 0.5) is 0 Å². The SMILES string of the molecule is CCc1nncn1CCNC(=NCCc1cccc(Cl)c1)NC(CC)c1cccs1. The van der Waals surface area contributed by atoms with Crippen LogP contribution in [0.3, 0.4) is 0 Å². The fraction of sp³-hybridized carbons (Fsp3) is 0.409. The van der Waals surface area contributed by atoms with E-state index in [1.54, 1.807) is 17.7 Å². The quantitative estimate of drug-likeness (QED) is 0.357. The van der Waals surface area contributed by atoms with Crippen molar-refractivity contribution in [2.45, 2.75) is 45.7 Å². The number of aliphatic imine (C=N–C) groups is 1. The Balaban J connectivity index is 1.63. The summed E-state index contributed by atoms with van der Waals surface area (Å²) in [6.07, 6.45) is 4.48. The predicted molar refractivity (Wildman–Crippen MR) is 125 cm³/mol. The van der Waals surface area contributed by atoms with Crippen LogP contribution >= 0.6 is 22.9 Å². The normalized spacial score (nSPS) is 12.7. The summed E-state index contributed by atoms with van der Waals surface area (Å²) in [7, 11) is 0. The molecule has 2 aromatic heterocycles. The zero-order chi connectivity index (χ0) is 21.2. The van der Waals surface area contributed by atoms with E-state index in [1.807, 2.05) is 18.2 Å². The van der Waals surface area contributed by atoms with Crippen molar-refractivity contribution in [3.8, 4) is 0 Å². The molecule has 0 aliphatic heterocycles. The maximum Gasteiger partial charge on any atom is 0.191 e. The Morgan fingerprint density at radius 2 is 2.17 bits per heavy atom. The van der Waals surface area contributed by atoms with E-state index < -0.39 is 0 Å². The third-order valence-corrected chi connectivity index (χ3v) is 6.04. The molecule has 0 saturated carbocycles. The number of rotatable bonds is 10. The Hall–Kier alpha value is -2.38. The van der Waals surface area contributed by atoms with Gasteiger partial charge in [0, 0.05) is 36.0 Å². The Morgan fingerprint density at radius 3 is 2.90 bits per heavy atom. The zero-order valence-electron chi connectivity index (χ0n) is 17.5. The molecule has 1 atom stereocenters. The third-order valence-electron chi connectivity index (χ3n) is 4.82. The molecule has 0 spiro atoms. The summed E-state index contributed by atoms with van der Waals surface area (Å²) in [6, 6.07) is 12.4. The summed E-state index contributed by atoms with van der Waals surface area (Å²) in [5.41, 5.74) is 1.19.